The molecule has 0 radical (unpaired) electrons. The van der Waals surface area contributed by atoms with Crippen molar-refractivity contribution < 1.29 is 14.6 Å². The summed E-state index contributed by atoms with van der Waals surface area (Å²) in [5.41, 5.74) is -0.471. The fourth-order valence-electron chi connectivity index (χ4n) is 2.04. The quantitative estimate of drug-likeness (QED) is 0.789. The second-order valence-electron chi connectivity index (χ2n) is 5.46. The first kappa shape index (κ1) is 13.3. The van der Waals surface area contributed by atoms with Crippen LogP contribution in [-0.2, 0) is 4.74 Å². The van der Waals surface area contributed by atoms with E-state index in [0.29, 0.717) is 13.0 Å². The molecule has 16 heavy (non-hydrogen) atoms. The van der Waals surface area contributed by atoms with E-state index >= 15 is 0 Å². The molecule has 1 amide bonds. The number of nitrogens with zero attached hydrogens (tertiary/aromatic N) is 1. The van der Waals surface area contributed by atoms with E-state index < -0.39 is 11.7 Å². The van der Waals surface area contributed by atoms with Crippen molar-refractivity contribution in [2.45, 2.75) is 64.7 Å². The first-order valence-electron chi connectivity index (χ1n) is 6.01. The Bertz CT molecular complexity index is 247. The van der Waals surface area contributed by atoms with Crippen molar-refractivity contribution in [1.82, 2.24) is 4.90 Å². The van der Waals surface area contributed by atoms with Gasteiger partial charge >= 0.3 is 6.09 Å². The molecule has 1 N–H and O–H groups in total. The zero-order valence-corrected chi connectivity index (χ0v) is 10.7. The van der Waals surface area contributed by atoms with Crippen molar-refractivity contribution in [3.05, 3.63) is 0 Å². The van der Waals surface area contributed by atoms with E-state index in [0.717, 1.165) is 12.8 Å². The third-order valence-electron chi connectivity index (χ3n) is 2.64. The van der Waals surface area contributed by atoms with Crippen LogP contribution in [-0.4, -0.2) is 40.4 Å². The van der Waals surface area contributed by atoms with Crippen LogP contribution in [0.2, 0.25) is 0 Å². The second kappa shape index (κ2) is 5.04. The molecule has 0 aliphatic carbocycles. The summed E-state index contributed by atoms with van der Waals surface area (Å²) in [7, 11) is 0. The molecular weight excluding hydrogens is 206 g/mol. The van der Waals surface area contributed by atoms with Crippen molar-refractivity contribution in [3.63, 3.8) is 0 Å². The van der Waals surface area contributed by atoms with Gasteiger partial charge in [-0.15, -0.1) is 0 Å². The third-order valence-corrected chi connectivity index (χ3v) is 2.64. The van der Waals surface area contributed by atoms with Gasteiger partial charge in [-0.1, -0.05) is 13.3 Å². The van der Waals surface area contributed by atoms with Gasteiger partial charge < -0.3 is 14.7 Å². The molecule has 0 saturated carbocycles. The minimum absolute atomic E-state index is 0.134. The van der Waals surface area contributed by atoms with Gasteiger partial charge in [0.15, 0.2) is 0 Å². The summed E-state index contributed by atoms with van der Waals surface area (Å²) in [5, 5.41) is 9.59. The second-order valence-corrected chi connectivity index (χ2v) is 5.46. The molecule has 1 saturated heterocycles. The Morgan fingerprint density at radius 3 is 2.62 bits per heavy atom. The fraction of sp³-hybridized carbons (Fsp3) is 0.917. The lowest BCUT2D eigenvalue weighted by Gasteiger charge is -2.28. The number of aliphatic hydroxyl groups is 1. The number of ether oxygens (including phenoxy) is 1. The van der Waals surface area contributed by atoms with Gasteiger partial charge in [0.05, 0.1) is 12.6 Å². The van der Waals surface area contributed by atoms with Crippen LogP contribution in [0.4, 0.5) is 4.79 Å². The summed E-state index contributed by atoms with van der Waals surface area (Å²) >= 11 is 0. The Labute approximate surface area is 97.6 Å². The molecule has 4 nitrogen and oxygen atoms in total. The van der Waals surface area contributed by atoms with E-state index in [9.17, 15) is 9.90 Å². The van der Waals surface area contributed by atoms with Crippen LogP contribution in [0.15, 0.2) is 0 Å². The van der Waals surface area contributed by atoms with E-state index in [1.54, 1.807) is 4.90 Å². The number of carbonyl (C=O) groups excluding carboxylic acids is 1. The van der Waals surface area contributed by atoms with Gasteiger partial charge in [0.1, 0.15) is 5.60 Å². The summed E-state index contributed by atoms with van der Waals surface area (Å²) < 4.78 is 5.32. The Morgan fingerprint density at radius 2 is 2.12 bits per heavy atom. The number of hydrogen-bond donors (Lipinski definition) is 1. The molecule has 2 unspecified atom stereocenters. The Balaban J connectivity index is 2.59. The number of hydrogen-bond acceptors (Lipinski definition) is 3. The average molecular weight is 229 g/mol. The van der Waals surface area contributed by atoms with Crippen LogP contribution in [0.5, 0.6) is 0 Å². The Kier molecular flexibility index (Phi) is 4.19. The van der Waals surface area contributed by atoms with E-state index in [1.165, 1.54) is 0 Å². The van der Waals surface area contributed by atoms with E-state index in [-0.39, 0.29) is 12.1 Å². The lowest BCUT2D eigenvalue weighted by molar-refractivity contribution is 0.0202. The summed E-state index contributed by atoms with van der Waals surface area (Å²) in [4.78, 5) is 13.6. The number of carbonyl (C=O) groups is 1. The topological polar surface area (TPSA) is 49.8 Å². The lowest BCUT2D eigenvalue weighted by atomic mass is 10.1. The Morgan fingerprint density at radius 1 is 1.50 bits per heavy atom. The van der Waals surface area contributed by atoms with Crippen LogP contribution in [0.3, 0.4) is 0 Å². The van der Waals surface area contributed by atoms with Crippen LogP contribution in [0, 0.1) is 0 Å². The van der Waals surface area contributed by atoms with Gasteiger partial charge in [-0.25, -0.2) is 4.79 Å². The molecule has 1 rings (SSSR count). The highest BCUT2D eigenvalue weighted by molar-refractivity contribution is 5.69. The van der Waals surface area contributed by atoms with E-state index in [4.69, 9.17) is 4.74 Å². The summed E-state index contributed by atoms with van der Waals surface area (Å²) in [6, 6.07) is 0.134. The third kappa shape index (κ3) is 3.67. The predicted octanol–water partition coefficient (Wildman–Crippen LogP) is 2.16. The van der Waals surface area contributed by atoms with Gasteiger partial charge in [-0.3, -0.25) is 0 Å². The van der Waals surface area contributed by atoms with Crippen LogP contribution >= 0.6 is 0 Å². The van der Waals surface area contributed by atoms with Crippen molar-refractivity contribution >= 4 is 6.09 Å². The highest BCUT2D eigenvalue weighted by Crippen LogP contribution is 2.24. The molecule has 1 aliphatic rings. The fourth-order valence-corrected chi connectivity index (χ4v) is 2.04. The van der Waals surface area contributed by atoms with Crippen molar-refractivity contribution in [2.24, 2.45) is 0 Å². The molecule has 0 bridgehead atoms. The molecular formula is C12H23NO3. The zero-order valence-electron chi connectivity index (χ0n) is 10.7. The van der Waals surface area contributed by atoms with Gasteiger partial charge in [-0.05, 0) is 33.6 Å². The van der Waals surface area contributed by atoms with Crippen LogP contribution < -0.4 is 0 Å². The standard InChI is InChI=1S/C12H23NO3/c1-5-6-9-7-10(14)8-13(9)11(15)16-12(2,3)4/h9-10,14H,5-8H2,1-4H3. The van der Waals surface area contributed by atoms with Crippen molar-refractivity contribution in [3.8, 4) is 0 Å². The van der Waals surface area contributed by atoms with Gasteiger partial charge in [0, 0.05) is 6.04 Å². The summed E-state index contributed by atoms with van der Waals surface area (Å²) in [6.45, 7) is 8.04. The molecule has 0 aromatic rings. The highest BCUT2D eigenvalue weighted by atomic mass is 16.6. The number of amides is 1. The SMILES string of the molecule is CCCC1CC(O)CN1C(=O)OC(C)(C)C. The summed E-state index contributed by atoms with van der Waals surface area (Å²) in [6.07, 6.45) is 1.91. The molecule has 1 aliphatic heterocycles. The molecule has 2 atom stereocenters. The normalized spacial score (nSPS) is 25.9. The minimum atomic E-state index is -0.471. The molecule has 1 heterocycles. The maximum atomic E-state index is 11.9. The molecule has 0 spiro atoms. The molecule has 0 aromatic heterocycles. The van der Waals surface area contributed by atoms with Gasteiger partial charge in [0.25, 0.3) is 0 Å². The van der Waals surface area contributed by atoms with Crippen LogP contribution in [0.25, 0.3) is 0 Å². The number of likely N-dealkylation sites (tertiary alicyclic amines) is 1. The maximum absolute atomic E-state index is 11.9. The molecule has 0 aromatic carbocycles. The average Bonchev–Trinajstić information content (AvgIpc) is 2.44. The summed E-state index contributed by atoms with van der Waals surface area (Å²) in [5.74, 6) is 0. The van der Waals surface area contributed by atoms with Crippen molar-refractivity contribution in [1.29, 1.82) is 0 Å². The Hall–Kier alpha value is -0.770. The smallest absolute Gasteiger partial charge is 0.410 e. The molecule has 4 heteroatoms. The van der Waals surface area contributed by atoms with E-state index in [1.807, 2.05) is 20.8 Å². The number of rotatable bonds is 2. The zero-order chi connectivity index (χ0) is 12.3. The largest absolute Gasteiger partial charge is 0.444 e. The van der Waals surface area contributed by atoms with Crippen molar-refractivity contribution in [2.75, 3.05) is 6.54 Å². The first-order valence-corrected chi connectivity index (χ1v) is 6.01. The van der Waals surface area contributed by atoms with E-state index in [2.05, 4.69) is 6.92 Å². The number of aliphatic hydroxyl groups excluding tert-OH is 1. The minimum Gasteiger partial charge on any atom is -0.444 e. The monoisotopic (exact) mass is 229 g/mol. The first-order chi connectivity index (χ1) is 7.33. The lowest BCUT2D eigenvalue weighted by Crippen LogP contribution is -2.40. The van der Waals surface area contributed by atoms with Gasteiger partial charge in [-0.2, -0.15) is 0 Å². The predicted molar refractivity (Wildman–Crippen MR) is 62.3 cm³/mol. The highest BCUT2D eigenvalue weighted by Gasteiger charge is 2.35. The van der Waals surface area contributed by atoms with Gasteiger partial charge in [0.2, 0.25) is 0 Å². The number of β-amino-alcohol motifs (C(OH)–C–C–N with tert-alkyl or cyclic N) is 1. The maximum Gasteiger partial charge on any atom is 0.410 e. The van der Waals surface area contributed by atoms with Crippen LogP contribution in [0.1, 0.15) is 47.0 Å². The molecule has 1 fully saturated rings. The molecule has 94 valence electrons.